The molecular formula is C31H27N3O4S2. The number of ether oxygens (including phenoxy) is 2. The Labute approximate surface area is 239 Å². The van der Waals surface area contributed by atoms with Crippen molar-refractivity contribution in [2.75, 3.05) is 25.3 Å². The van der Waals surface area contributed by atoms with Crippen LogP contribution in [0.25, 0.3) is 21.3 Å². The largest absolute Gasteiger partial charge is 0.497 e. The molecule has 1 amide bonds. The van der Waals surface area contributed by atoms with E-state index in [0.717, 1.165) is 40.7 Å². The van der Waals surface area contributed by atoms with Crippen LogP contribution in [-0.4, -0.2) is 31.1 Å². The van der Waals surface area contributed by atoms with Crippen LogP contribution in [0.15, 0.2) is 66.0 Å². The molecule has 0 fully saturated rings. The van der Waals surface area contributed by atoms with E-state index in [9.17, 15) is 9.59 Å². The van der Waals surface area contributed by atoms with E-state index in [1.165, 1.54) is 40.9 Å². The first-order chi connectivity index (χ1) is 19.5. The van der Waals surface area contributed by atoms with Gasteiger partial charge in [0.25, 0.3) is 5.91 Å². The van der Waals surface area contributed by atoms with E-state index >= 15 is 0 Å². The number of nitrogen functional groups attached to an aromatic ring is 1. The van der Waals surface area contributed by atoms with Crippen LogP contribution in [0.3, 0.4) is 0 Å². The number of anilines is 2. The van der Waals surface area contributed by atoms with Crippen LogP contribution in [0.1, 0.15) is 49.2 Å². The molecule has 0 radical (unpaired) electrons. The number of aryl methyl sites for hydroxylation is 1. The Balaban J connectivity index is 1.30. The maximum Gasteiger partial charge on any atom is 0.341 e. The Morgan fingerprint density at radius 3 is 2.58 bits per heavy atom. The summed E-state index contributed by atoms with van der Waals surface area (Å²) in [6.07, 6.45) is 2.82. The van der Waals surface area contributed by atoms with Crippen molar-refractivity contribution in [2.24, 2.45) is 0 Å². The number of thiophene rings is 2. The van der Waals surface area contributed by atoms with Gasteiger partial charge in [0.1, 0.15) is 26.0 Å². The summed E-state index contributed by atoms with van der Waals surface area (Å²) in [4.78, 5) is 32.3. The fourth-order valence-corrected chi connectivity index (χ4v) is 7.21. The van der Waals surface area contributed by atoms with E-state index < -0.39 is 5.97 Å². The van der Waals surface area contributed by atoms with E-state index in [2.05, 4.69) is 35.6 Å². The molecule has 202 valence electrons. The molecule has 3 N–H and O–H groups in total. The molecule has 7 nitrogen and oxygen atoms in total. The molecule has 1 aliphatic carbocycles. The van der Waals surface area contributed by atoms with Gasteiger partial charge in [-0.25, -0.2) is 9.78 Å². The van der Waals surface area contributed by atoms with Crippen LogP contribution in [0.5, 0.6) is 5.75 Å². The average molecular weight is 570 g/mol. The molecule has 3 aromatic heterocycles. The second-order valence-electron chi connectivity index (χ2n) is 9.67. The van der Waals surface area contributed by atoms with Crippen molar-refractivity contribution in [3.63, 3.8) is 0 Å². The first kappa shape index (κ1) is 26.0. The van der Waals surface area contributed by atoms with E-state index in [-0.39, 0.29) is 5.91 Å². The molecule has 0 bridgehead atoms. The molecule has 5 aromatic rings. The topological polar surface area (TPSA) is 104 Å². The number of pyridine rings is 1. The standard InChI is InChI=1S/C31H27N3O4S2/c1-37-21-11-8-18(9-12-21)23-16-39-30(25(23)31(36)38-2)34-28(35)27-26(32)22-15-20-14-19(17-6-4-3-5-7-17)10-13-24(20)33-29(22)40-27/h3-9,11-12,15-16,19H,10,13-14,32H2,1-2H3,(H,34,35). The predicted octanol–water partition coefficient (Wildman–Crippen LogP) is 6.93. The van der Waals surface area contributed by atoms with Gasteiger partial charge in [0.2, 0.25) is 0 Å². The summed E-state index contributed by atoms with van der Waals surface area (Å²) in [6, 6.07) is 20.0. The zero-order chi connectivity index (χ0) is 27.8. The van der Waals surface area contributed by atoms with Crippen molar-refractivity contribution >= 4 is 55.5 Å². The van der Waals surface area contributed by atoms with E-state index in [0.29, 0.717) is 38.4 Å². The normalized spacial score (nSPS) is 14.5. The molecule has 2 aromatic carbocycles. The first-order valence-corrected chi connectivity index (χ1v) is 14.6. The smallest absolute Gasteiger partial charge is 0.341 e. The Kier molecular flexibility index (Phi) is 7.00. The Morgan fingerprint density at radius 2 is 1.85 bits per heavy atom. The van der Waals surface area contributed by atoms with Gasteiger partial charge in [0.15, 0.2) is 0 Å². The quantitative estimate of drug-likeness (QED) is 0.215. The van der Waals surface area contributed by atoms with E-state index in [1.54, 1.807) is 7.11 Å². The minimum atomic E-state index is -0.533. The van der Waals surface area contributed by atoms with Crippen LogP contribution >= 0.6 is 22.7 Å². The molecule has 6 rings (SSSR count). The zero-order valence-electron chi connectivity index (χ0n) is 22.0. The van der Waals surface area contributed by atoms with Gasteiger partial charge in [0.05, 0.1) is 19.9 Å². The van der Waals surface area contributed by atoms with Crippen molar-refractivity contribution < 1.29 is 19.1 Å². The highest BCUT2D eigenvalue weighted by molar-refractivity contribution is 7.21. The number of nitrogens with one attached hydrogen (secondary N) is 1. The van der Waals surface area contributed by atoms with Crippen LogP contribution in [0, 0.1) is 0 Å². The molecular weight excluding hydrogens is 542 g/mol. The third kappa shape index (κ3) is 4.71. The number of aromatic nitrogens is 1. The number of hydrogen-bond acceptors (Lipinski definition) is 8. The van der Waals surface area contributed by atoms with Gasteiger partial charge in [-0.1, -0.05) is 42.5 Å². The van der Waals surface area contributed by atoms with Gasteiger partial charge in [-0.2, -0.15) is 0 Å². The number of nitrogens with two attached hydrogens (primary N) is 1. The Bertz CT molecular complexity index is 1730. The lowest BCUT2D eigenvalue weighted by Gasteiger charge is -2.24. The molecule has 1 atom stereocenters. The summed E-state index contributed by atoms with van der Waals surface area (Å²) in [7, 11) is 2.92. The summed E-state index contributed by atoms with van der Waals surface area (Å²) < 4.78 is 10.3. The van der Waals surface area contributed by atoms with Crippen LogP contribution in [-0.2, 0) is 17.6 Å². The van der Waals surface area contributed by atoms with Crippen LogP contribution in [0.4, 0.5) is 10.7 Å². The van der Waals surface area contributed by atoms with Crippen molar-refractivity contribution in [2.45, 2.75) is 25.2 Å². The first-order valence-electron chi connectivity index (χ1n) is 12.9. The van der Waals surface area contributed by atoms with Crippen molar-refractivity contribution in [1.82, 2.24) is 4.98 Å². The number of hydrogen-bond donors (Lipinski definition) is 2. The van der Waals surface area contributed by atoms with Crippen LogP contribution < -0.4 is 15.8 Å². The molecule has 1 aliphatic rings. The summed E-state index contributed by atoms with van der Waals surface area (Å²) in [5, 5.41) is 5.93. The van der Waals surface area contributed by atoms with E-state index in [1.807, 2.05) is 35.7 Å². The fourth-order valence-electron chi connectivity index (χ4n) is 5.27. The van der Waals surface area contributed by atoms with Gasteiger partial charge in [0, 0.05) is 22.0 Å². The molecule has 0 spiro atoms. The average Bonchev–Trinajstić information content (AvgIpc) is 3.56. The number of carbonyl (C=O) groups is 2. The van der Waals surface area contributed by atoms with Gasteiger partial charge in [-0.05, 0) is 60.1 Å². The molecule has 40 heavy (non-hydrogen) atoms. The highest BCUT2D eigenvalue weighted by Gasteiger charge is 2.27. The van der Waals surface area contributed by atoms with Crippen molar-refractivity contribution in [3.8, 4) is 16.9 Å². The van der Waals surface area contributed by atoms with Gasteiger partial charge in [-0.3, -0.25) is 4.79 Å². The van der Waals surface area contributed by atoms with Gasteiger partial charge in [-0.15, -0.1) is 22.7 Å². The number of fused-ring (bicyclic) bond motifs is 2. The zero-order valence-corrected chi connectivity index (χ0v) is 23.7. The lowest BCUT2D eigenvalue weighted by atomic mass is 9.82. The van der Waals surface area contributed by atoms with Crippen molar-refractivity contribution in [1.29, 1.82) is 0 Å². The predicted molar refractivity (Wildman–Crippen MR) is 161 cm³/mol. The summed E-state index contributed by atoms with van der Waals surface area (Å²) >= 11 is 2.54. The number of amides is 1. The number of carbonyl (C=O) groups excluding carboxylic acids is 2. The molecule has 9 heteroatoms. The SMILES string of the molecule is COC(=O)c1c(-c2ccc(OC)cc2)csc1NC(=O)c1sc2nc3c(cc2c1N)CC(c1ccccc1)CC3. The minimum Gasteiger partial charge on any atom is -0.497 e. The fraction of sp³-hybridized carbons (Fsp3) is 0.194. The lowest BCUT2D eigenvalue weighted by Crippen LogP contribution is -2.14. The molecule has 0 aliphatic heterocycles. The second kappa shape index (κ2) is 10.7. The van der Waals surface area contributed by atoms with Crippen molar-refractivity contribution in [3.05, 3.63) is 93.3 Å². The number of rotatable bonds is 6. The lowest BCUT2D eigenvalue weighted by molar-refractivity contribution is 0.0603. The number of benzene rings is 2. The van der Waals surface area contributed by atoms with Gasteiger partial charge < -0.3 is 20.5 Å². The Morgan fingerprint density at radius 1 is 1.07 bits per heavy atom. The maximum atomic E-state index is 13.5. The molecule has 0 saturated heterocycles. The molecule has 1 unspecified atom stereocenters. The maximum absolute atomic E-state index is 13.5. The molecule has 0 saturated carbocycles. The highest BCUT2D eigenvalue weighted by Crippen LogP contribution is 2.40. The second-order valence-corrected chi connectivity index (χ2v) is 11.5. The summed E-state index contributed by atoms with van der Waals surface area (Å²) in [6.45, 7) is 0. The monoisotopic (exact) mass is 569 g/mol. The number of methoxy groups -OCH3 is 2. The Hall–Kier alpha value is -4.21. The van der Waals surface area contributed by atoms with Crippen LogP contribution in [0.2, 0.25) is 0 Å². The number of esters is 1. The van der Waals surface area contributed by atoms with E-state index in [4.69, 9.17) is 20.2 Å². The minimum absolute atomic E-state index is 0.297. The molecule has 3 heterocycles. The third-order valence-electron chi connectivity index (χ3n) is 7.37. The third-order valence-corrected chi connectivity index (χ3v) is 9.38. The van der Waals surface area contributed by atoms with Gasteiger partial charge >= 0.3 is 5.97 Å². The summed E-state index contributed by atoms with van der Waals surface area (Å²) in [5.41, 5.74) is 12.3. The summed E-state index contributed by atoms with van der Waals surface area (Å²) in [5.74, 6) is 0.229. The highest BCUT2D eigenvalue weighted by atomic mass is 32.1. The number of nitrogens with zero attached hydrogens (tertiary/aromatic N) is 1.